The maximum absolute atomic E-state index is 5.29. The number of aryl methyl sites for hydroxylation is 2. The van der Waals surface area contributed by atoms with E-state index in [2.05, 4.69) is 46.8 Å². The van der Waals surface area contributed by atoms with Gasteiger partial charge in [0, 0.05) is 0 Å². The van der Waals surface area contributed by atoms with Crippen molar-refractivity contribution in [3.8, 4) is 5.75 Å². The molecule has 0 saturated carbocycles. The summed E-state index contributed by atoms with van der Waals surface area (Å²) in [7, 11) is 1.72. The summed E-state index contributed by atoms with van der Waals surface area (Å²) in [6, 6.07) is 4.35. The first-order valence-electron chi connectivity index (χ1n) is 5.02. The molecule has 0 fully saturated rings. The van der Waals surface area contributed by atoms with E-state index in [9.17, 15) is 0 Å². The zero-order valence-corrected chi connectivity index (χ0v) is 10.1. The Hall–Kier alpha value is -0.980. The predicted octanol–water partition coefficient (Wildman–Crippen LogP) is 3.61. The molecule has 14 heavy (non-hydrogen) atoms. The number of ether oxygens (including phenoxy) is 1. The van der Waals surface area contributed by atoms with E-state index < -0.39 is 0 Å². The van der Waals surface area contributed by atoms with Gasteiger partial charge in [-0.2, -0.15) is 0 Å². The van der Waals surface area contributed by atoms with Crippen LogP contribution in [-0.2, 0) is 5.41 Å². The van der Waals surface area contributed by atoms with E-state index in [1.807, 2.05) is 0 Å². The minimum absolute atomic E-state index is 0.209. The van der Waals surface area contributed by atoms with Gasteiger partial charge in [0.25, 0.3) is 0 Å². The van der Waals surface area contributed by atoms with Gasteiger partial charge in [-0.3, -0.25) is 0 Å². The number of rotatable bonds is 1. The Labute approximate surface area is 87.1 Å². The van der Waals surface area contributed by atoms with Crippen LogP contribution in [0.15, 0.2) is 12.1 Å². The van der Waals surface area contributed by atoms with Crippen LogP contribution in [0.3, 0.4) is 0 Å². The second kappa shape index (κ2) is 3.64. The molecular formula is C13H20O. The first kappa shape index (κ1) is 11.1. The van der Waals surface area contributed by atoms with E-state index in [-0.39, 0.29) is 5.41 Å². The lowest BCUT2D eigenvalue weighted by molar-refractivity contribution is 0.410. The Morgan fingerprint density at radius 2 is 1.57 bits per heavy atom. The molecule has 1 heteroatoms. The third-order valence-electron chi connectivity index (χ3n) is 2.55. The molecule has 0 aromatic heterocycles. The van der Waals surface area contributed by atoms with Gasteiger partial charge in [-0.05, 0) is 42.0 Å². The molecule has 1 nitrogen and oxygen atoms in total. The molecule has 0 spiro atoms. The predicted molar refractivity (Wildman–Crippen MR) is 61.2 cm³/mol. The van der Waals surface area contributed by atoms with Gasteiger partial charge in [-0.1, -0.05) is 26.8 Å². The summed E-state index contributed by atoms with van der Waals surface area (Å²) in [5, 5.41) is 0. The maximum Gasteiger partial charge on any atom is 0.122 e. The molecule has 0 radical (unpaired) electrons. The third-order valence-corrected chi connectivity index (χ3v) is 2.55. The number of hydrogen-bond acceptors (Lipinski definition) is 1. The highest BCUT2D eigenvalue weighted by Gasteiger charge is 2.17. The Bertz CT molecular complexity index is 332. The average molecular weight is 192 g/mol. The van der Waals surface area contributed by atoms with Crippen molar-refractivity contribution in [2.75, 3.05) is 7.11 Å². The van der Waals surface area contributed by atoms with Gasteiger partial charge >= 0.3 is 0 Å². The molecule has 0 aliphatic rings. The highest BCUT2D eigenvalue weighted by Crippen LogP contribution is 2.30. The summed E-state index contributed by atoms with van der Waals surface area (Å²) < 4.78 is 5.29. The second-order valence-electron chi connectivity index (χ2n) is 4.89. The van der Waals surface area contributed by atoms with Crippen LogP contribution in [0.1, 0.15) is 37.5 Å². The zero-order valence-electron chi connectivity index (χ0n) is 10.1. The van der Waals surface area contributed by atoms with Crippen LogP contribution in [0.25, 0.3) is 0 Å². The largest absolute Gasteiger partial charge is 0.496 e. The van der Waals surface area contributed by atoms with Crippen LogP contribution in [0.2, 0.25) is 0 Å². The standard InChI is InChI=1S/C13H20O/c1-9-8-12(14-6)10(2)7-11(9)13(3,4)5/h7-8H,1-6H3. The van der Waals surface area contributed by atoms with Crippen molar-refractivity contribution in [1.82, 2.24) is 0 Å². The molecule has 0 amide bonds. The van der Waals surface area contributed by atoms with Crippen molar-refractivity contribution in [2.24, 2.45) is 0 Å². The van der Waals surface area contributed by atoms with E-state index in [4.69, 9.17) is 4.74 Å². The van der Waals surface area contributed by atoms with Gasteiger partial charge in [-0.25, -0.2) is 0 Å². The fourth-order valence-corrected chi connectivity index (χ4v) is 1.82. The van der Waals surface area contributed by atoms with Crippen molar-refractivity contribution in [1.29, 1.82) is 0 Å². The van der Waals surface area contributed by atoms with E-state index in [1.165, 1.54) is 16.7 Å². The van der Waals surface area contributed by atoms with Crippen LogP contribution in [0.5, 0.6) is 5.75 Å². The van der Waals surface area contributed by atoms with Gasteiger partial charge in [0.2, 0.25) is 0 Å². The summed E-state index contributed by atoms with van der Waals surface area (Å²) in [5.41, 5.74) is 4.12. The molecule has 0 atom stereocenters. The molecule has 78 valence electrons. The van der Waals surface area contributed by atoms with Crippen molar-refractivity contribution in [3.05, 3.63) is 28.8 Å². The first-order chi connectivity index (χ1) is 6.36. The van der Waals surface area contributed by atoms with Crippen LogP contribution in [0.4, 0.5) is 0 Å². The summed E-state index contributed by atoms with van der Waals surface area (Å²) in [6.07, 6.45) is 0. The normalized spacial score (nSPS) is 11.6. The molecule has 0 aliphatic carbocycles. The smallest absolute Gasteiger partial charge is 0.122 e. The molecule has 0 aliphatic heterocycles. The summed E-state index contributed by atoms with van der Waals surface area (Å²) in [4.78, 5) is 0. The quantitative estimate of drug-likeness (QED) is 0.660. The molecule has 0 unspecified atom stereocenters. The fourth-order valence-electron chi connectivity index (χ4n) is 1.82. The van der Waals surface area contributed by atoms with E-state index in [0.29, 0.717) is 0 Å². The van der Waals surface area contributed by atoms with E-state index in [1.54, 1.807) is 7.11 Å². The topological polar surface area (TPSA) is 9.23 Å². The van der Waals surface area contributed by atoms with E-state index in [0.717, 1.165) is 5.75 Å². The Morgan fingerprint density at radius 3 is 2.00 bits per heavy atom. The number of hydrogen-bond donors (Lipinski definition) is 0. The first-order valence-corrected chi connectivity index (χ1v) is 5.02. The monoisotopic (exact) mass is 192 g/mol. The van der Waals surface area contributed by atoms with Crippen LogP contribution in [0, 0.1) is 13.8 Å². The summed E-state index contributed by atoms with van der Waals surface area (Å²) in [6.45, 7) is 10.9. The number of benzene rings is 1. The maximum atomic E-state index is 5.29. The fraction of sp³-hybridized carbons (Fsp3) is 0.538. The minimum atomic E-state index is 0.209. The van der Waals surface area contributed by atoms with Crippen LogP contribution >= 0.6 is 0 Å². The number of methoxy groups -OCH3 is 1. The third kappa shape index (κ3) is 2.09. The van der Waals surface area contributed by atoms with Crippen molar-refractivity contribution in [3.63, 3.8) is 0 Å². The van der Waals surface area contributed by atoms with Gasteiger partial charge in [-0.15, -0.1) is 0 Å². The second-order valence-corrected chi connectivity index (χ2v) is 4.89. The van der Waals surface area contributed by atoms with Gasteiger partial charge in [0.15, 0.2) is 0 Å². The Balaban J connectivity index is 3.29. The molecule has 0 bridgehead atoms. The molecule has 1 rings (SSSR count). The van der Waals surface area contributed by atoms with Gasteiger partial charge < -0.3 is 4.74 Å². The average Bonchev–Trinajstić information content (AvgIpc) is 2.06. The highest BCUT2D eigenvalue weighted by molar-refractivity contribution is 5.44. The van der Waals surface area contributed by atoms with E-state index >= 15 is 0 Å². The highest BCUT2D eigenvalue weighted by atomic mass is 16.5. The summed E-state index contributed by atoms with van der Waals surface area (Å²) in [5.74, 6) is 0.982. The van der Waals surface area contributed by atoms with Gasteiger partial charge in [0.1, 0.15) is 5.75 Å². The molecule has 0 saturated heterocycles. The van der Waals surface area contributed by atoms with Crippen molar-refractivity contribution >= 4 is 0 Å². The SMILES string of the molecule is COc1cc(C)c(C(C)(C)C)cc1C. The molecule has 0 heterocycles. The lowest BCUT2D eigenvalue weighted by Crippen LogP contribution is -2.13. The van der Waals surface area contributed by atoms with Crippen molar-refractivity contribution in [2.45, 2.75) is 40.0 Å². The van der Waals surface area contributed by atoms with Crippen LogP contribution in [-0.4, -0.2) is 7.11 Å². The molecule has 1 aromatic carbocycles. The minimum Gasteiger partial charge on any atom is -0.496 e. The molecule has 1 aromatic rings. The molecule has 0 N–H and O–H groups in total. The Morgan fingerprint density at radius 1 is 1.00 bits per heavy atom. The van der Waals surface area contributed by atoms with Gasteiger partial charge in [0.05, 0.1) is 7.11 Å². The van der Waals surface area contributed by atoms with Crippen LogP contribution < -0.4 is 4.74 Å². The van der Waals surface area contributed by atoms with Crippen molar-refractivity contribution < 1.29 is 4.74 Å². The lowest BCUT2D eigenvalue weighted by Gasteiger charge is -2.23. The molecular weight excluding hydrogens is 172 g/mol. The summed E-state index contributed by atoms with van der Waals surface area (Å²) >= 11 is 0. The zero-order chi connectivity index (χ0) is 10.9. The Kier molecular flexibility index (Phi) is 2.89. The lowest BCUT2D eigenvalue weighted by atomic mass is 9.83.